The van der Waals surface area contributed by atoms with E-state index in [1.54, 1.807) is 30.3 Å². The molecule has 2 unspecified atom stereocenters. The summed E-state index contributed by atoms with van der Waals surface area (Å²) in [6.45, 7) is 1.60. The highest BCUT2D eigenvalue weighted by atomic mass is 16.6. The molecule has 0 bridgehead atoms. The van der Waals surface area contributed by atoms with E-state index in [9.17, 15) is 19.8 Å². The molecular weight excluding hydrogens is 442 g/mol. The van der Waals surface area contributed by atoms with Gasteiger partial charge < -0.3 is 34.1 Å². The van der Waals surface area contributed by atoms with E-state index in [0.29, 0.717) is 42.4 Å². The van der Waals surface area contributed by atoms with Gasteiger partial charge >= 0.3 is 0 Å². The van der Waals surface area contributed by atoms with Gasteiger partial charge in [0.15, 0.2) is 23.0 Å². The Morgan fingerprint density at radius 1 is 1.09 bits per heavy atom. The van der Waals surface area contributed by atoms with Crippen molar-refractivity contribution in [2.75, 3.05) is 33.5 Å². The number of benzene rings is 2. The molecule has 5 rings (SSSR count). The van der Waals surface area contributed by atoms with E-state index < -0.39 is 17.7 Å². The maximum absolute atomic E-state index is 13.2. The number of phenols is 1. The van der Waals surface area contributed by atoms with Gasteiger partial charge in [-0.1, -0.05) is 6.07 Å². The molecule has 2 aromatic carbocycles. The summed E-state index contributed by atoms with van der Waals surface area (Å²) in [5.74, 6) is -0.710. The van der Waals surface area contributed by atoms with Crippen molar-refractivity contribution in [3.63, 3.8) is 0 Å². The fraction of sp³-hybridized carbons (Fsp3) is 0.360. The molecule has 2 saturated heterocycles. The molecule has 3 heterocycles. The third-order valence-electron chi connectivity index (χ3n) is 6.30. The number of amides is 1. The molecule has 1 amide bonds. The van der Waals surface area contributed by atoms with Crippen molar-refractivity contribution in [2.45, 2.75) is 25.0 Å². The van der Waals surface area contributed by atoms with Gasteiger partial charge in [-0.05, 0) is 48.7 Å². The van der Waals surface area contributed by atoms with E-state index in [2.05, 4.69) is 0 Å². The molecule has 2 N–H and O–H groups in total. The highest BCUT2D eigenvalue weighted by Crippen LogP contribution is 2.43. The van der Waals surface area contributed by atoms with Gasteiger partial charge in [0.1, 0.15) is 19.0 Å². The normalized spacial score (nSPS) is 23.4. The molecule has 178 valence electrons. The number of likely N-dealkylation sites (tertiary alicyclic amines) is 1. The second-order valence-corrected chi connectivity index (χ2v) is 8.38. The Hall–Kier alpha value is -3.72. The van der Waals surface area contributed by atoms with Crippen LogP contribution in [0, 0.1) is 0 Å². The largest absolute Gasteiger partial charge is 0.507 e. The van der Waals surface area contributed by atoms with Gasteiger partial charge in [-0.25, -0.2) is 0 Å². The smallest absolute Gasteiger partial charge is 0.295 e. The van der Waals surface area contributed by atoms with Crippen molar-refractivity contribution < 1.29 is 38.7 Å². The molecule has 34 heavy (non-hydrogen) atoms. The summed E-state index contributed by atoms with van der Waals surface area (Å²) in [5.41, 5.74) is 0.800. The zero-order valence-corrected chi connectivity index (χ0v) is 18.7. The van der Waals surface area contributed by atoms with E-state index in [4.69, 9.17) is 18.9 Å². The van der Waals surface area contributed by atoms with Crippen LogP contribution >= 0.6 is 0 Å². The van der Waals surface area contributed by atoms with Gasteiger partial charge in [0.2, 0.25) is 0 Å². The molecule has 2 fully saturated rings. The minimum Gasteiger partial charge on any atom is -0.507 e. The number of carbonyl (C=O) groups excluding carboxylic acids is 2. The van der Waals surface area contributed by atoms with Gasteiger partial charge in [0, 0.05) is 18.7 Å². The summed E-state index contributed by atoms with van der Waals surface area (Å²) in [6, 6.07) is 8.58. The fourth-order valence-corrected chi connectivity index (χ4v) is 4.63. The molecule has 0 saturated carbocycles. The molecule has 0 spiro atoms. The number of aromatic hydroxyl groups is 1. The van der Waals surface area contributed by atoms with E-state index >= 15 is 0 Å². The average Bonchev–Trinajstić information content (AvgIpc) is 3.46. The molecule has 9 nitrogen and oxygen atoms in total. The lowest BCUT2D eigenvalue weighted by Gasteiger charge is -2.28. The number of methoxy groups -OCH3 is 1. The van der Waals surface area contributed by atoms with Crippen molar-refractivity contribution >= 4 is 17.4 Å². The lowest BCUT2D eigenvalue weighted by Crippen LogP contribution is -2.36. The Balaban J connectivity index is 1.62. The number of carbonyl (C=O) groups is 2. The zero-order chi connectivity index (χ0) is 23.8. The molecule has 0 radical (unpaired) electrons. The fourth-order valence-electron chi connectivity index (χ4n) is 4.63. The number of rotatable bonds is 5. The molecule has 0 aromatic heterocycles. The number of phenolic OH excluding ortho intramolecular Hbond substituents is 1. The summed E-state index contributed by atoms with van der Waals surface area (Å²) in [7, 11) is 1.41. The number of ether oxygens (including phenoxy) is 4. The first-order chi connectivity index (χ1) is 16.5. The number of aliphatic hydroxyl groups is 1. The van der Waals surface area contributed by atoms with Crippen molar-refractivity contribution in [3.05, 3.63) is 53.1 Å². The highest BCUT2D eigenvalue weighted by molar-refractivity contribution is 6.46. The standard InChI is InChI=1S/C25H25NO8/c1-31-19-11-14(4-6-17(19)27)22-21(24(29)25(30)26(22)13-16-3-2-8-32-16)23(28)15-5-7-18-20(12-15)34-10-9-33-18/h4-7,11-12,16,22,27-28H,2-3,8-10,13H2,1H3/b23-21+. The van der Waals surface area contributed by atoms with Gasteiger partial charge in [0.25, 0.3) is 11.7 Å². The lowest BCUT2D eigenvalue weighted by atomic mass is 9.94. The minimum absolute atomic E-state index is 0.0487. The van der Waals surface area contributed by atoms with Gasteiger partial charge in [-0.2, -0.15) is 0 Å². The zero-order valence-electron chi connectivity index (χ0n) is 18.7. The number of hydrogen-bond donors (Lipinski definition) is 2. The number of aliphatic hydroxyl groups excluding tert-OH is 1. The van der Waals surface area contributed by atoms with Gasteiger partial charge in [-0.15, -0.1) is 0 Å². The molecule has 2 aromatic rings. The predicted octanol–water partition coefficient (Wildman–Crippen LogP) is 2.77. The number of hydrogen-bond acceptors (Lipinski definition) is 8. The summed E-state index contributed by atoms with van der Waals surface area (Å²) >= 11 is 0. The van der Waals surface area contributed by atoms with Gasteiger partial charge in [0.05, 0.1) is 24.8 Å². The van der Waals surface area contributed by atoms with Crippen molar-refractivity contribution in [1.29, 1.82) is 0 Å². The van der Waals surface area contributed by atoms with Crippen LogP contribution in [0.1, 0.15) is 30.0 Å². The number of ketones is 1. The minimum atomic E-state index is -0.882. The van der Waals surface area contributed by atoms with E-state index in [-0.39, 0.29) is 35.5 Å². The van der Waals surface area contributed by atoms with Crippen LogP contribution in [0.25, 0.3) is 5.76 Å². The molecule has 3 aliphatic rings. The summed E-state index contributed by atoms with van der Waals surface area (Å²) in [4.78, 5) is 27.8. The lowest BCUT2D eigenvalue weighted by molar-refractivity contribution is -0.140. The third kappa shape index (κ3) is 3.81. The Labute approximate surface area is 196 Å². The van der Waals surface area contributed by atoms with Crippen LogP contribution in [0.15, 0.2) is 42.0 Å². The van der Waals surface area contributed by atoms with Crippen LogP contribution in [0.5, 0.6) is 23.0 Å². The Bertz CT molecular complexity index is 1170. The monoisotopic (exact) mass is 467 g/mol. The maximum atomic E-state index is 13.2. The quantitative estimate of drug-likeness (QED) is 0.392. The van der Waals surface area contributed by atoms with E-state index in [1.165, 1.54) is 18.1 Å². The molecule has 2 atom stereocenters. The van der Waals surface area contributed by atoms with Gasteiger partial charge in [-0.3, -0.25) is 9.59 Å². The second-order valence-electron chi connectivity index (χ2n) is 8.38. The van der Waals surface area contributed by atoms with Crippen LogP contribution in [0.3, 0.4) is 0 Å². The van der Waals surface area contributed by atoms with Crippen molar-refractivity contribution in [3.8, 4) is 23.0 Å². The van der Waals surface area contributed by atoms with E-state index in [1.807, 2.05) is 0 Å². The first-order valence-corrected chi connectivity index (χ1v) is 11.1. The summed E-state index contributed by atoms with van der Waals surface area (Å²) < 4.78 is 22.1. The predicted molar refractivity (Wildman–Crippen MR) is 120 cm³/mol. The van der Waals surface area contributed by atoms with Crippen LogP contribution in [0.4, 0.5) is 0 Å². The van der Waals surface area contributed by atoms with Crippen LogP contribution in [-0.2, 0) is 14.3 Å². The van der Waals surface area contributed by atoms with E-state index in [0.717, 1.165) is 12.8 Å². The maximum Gasteiger partial charge on any atom is 0.295 e. The third-order valence-corrected chi connectivity index (χ3v) is 6.30. The number of Topliss-reactive ketones (excluding diaryl/α,β-unsaturated/α-hetero) is 1. The highest BCUT2D eigenvalue weighted by Gasteiger charge is 2.47. The molecule has 9 heteroatoms. The summed E-state index contributed by atoms with van der Waals surface area (Å²) in [5, 5.41) is 21.3. The topological polar surface area (TPSA) is 115 Å². The number of fused-ring (bicyclic) bond motifs is 1. The second kappa shape index (κ2) is 8.90. The average molecular weight is 467 g/mol. The first kappa shape index (κ1) is 22.1. The number of nitrogens with zero attached hydrogens (tertiary/aromatic N) is 1. The first-order valence-electron chi connectivity index (χ1n) is 11.1. The molecule has 3 aliphatic heterocycles. The van der Waals surface area contributed by atoms with Crippen LogP contribution in [0.2, 0.25) is 0 Å². The van der Waals surface area contributed by atoms with Crippen molar-refractivity contribution in [1.82, 2.24) is 4.90 Å². The Morgan fingerprint density at radius 2 is 1.88 bits per heavy atom. The Morgan fingerprint density at radius 3 is 2.62 bits per heavy atom. The molecular formula is C25H25NO8. The molecule has 0 aliphatic carbocycles. The Kier molecular flexibility index (Phi) is 5.79. The summed E-state index contributed by atoms with van der Waals surface area (Å²) in [6.07, 6.45) is 1.45. The van der Waals surface area contributed by atoms with Crippen molar-refractivity contribution in [2.24, 2.45) is 0 Å². The SMILES string of the molecule is COc1cc(C2/C(=C(\O)c3ccc4c(c3)OCCO4)C(=O)C(=O)N2CC2CCCO2)ccc1O. The van der Waals surface area contributed by atoms with Crippen LogP contribution < -0.4 is 14.2 Å². The van der Waals surface area contributed by atoms with Crippen LogP contribution in [-0.4, -0.2) is 66.4 Å².